The molecular formula is C28H27F2N5O7. The molecule has 3 atom stereocenters. The lowest BCUT2D eigenvalue weighted by atomic mass is 9.97. The van der Waals surface area contributed by atoms with E-state index in [2.05, 4.69) is 21.1 Å². The van der Waals surface area contributed by atoms with Crippen LogP contribution in [-0.4, -0.2) is 51.1 Å². The second-order valence-corrected chi connectivity index (χ2v) is 9.70. The largest absolute Gasteiger partial charge is 0.478 e. The van der Waals surface area contributed by atoms with E-state index in [4.69, 9.17) is 9.63 Å². The third-order valence-corrected chi connectivity index (χ3v) is 6.63. The number of nitrogens with one attached hydrogen (secondary N) is 3. The van der Waals surface area contributed by atoms with E-state index in [1.54, 1.807) is 6.92 Å². The van der Waals surface area contributed by atoms with Crippen LogP contribution in [0.3, 0.4) is 0 Å². The SMILES string of the molecule is Cc1cc(C(=O)Nc2cccn([C@@H](Cc3ccc(F)c(F)c3)C(=O)N[C@H](/C=C/C(=O)O)C[C@@H]3CCNC3=O)c2=O)no1. The van der Waals surface area contributed by atoms with Crippen molar-refractivity contribution in [1.82, 2.24) is 20.4 Å². The lowest BCUT2D eigenvalue weighted by Gasteiger charge is -2.24. The number of aromatic nitrogens is 2. The lowest BCUT2D eigenvalue weighted by Crippen LogP contribution is -2.43. The maximum atomic E-state index is 14.0. The minimum atomic E-state index is -1.35. The number of carbonyl (C=O) groups excluding carboxylic acids is 3. The third kappa shape index (κ3) is 7.33. The molecule has 3 heterocycles. The molecule has 1 saturated heterocycles. The predicted octanol–water partition coefficient (Wildman–Crippen LogP) is 2.11. The molecule has 1 aromatic carbocycles. The first-order valence-corrected chi connectivity index (χ1v) is 12.9. The Kier molecular flexibility index (Phi) is 9.25. The molecule has 4 N–H and O–H groups in total. The number of pyridine rings is 1. The molecule has 0 unspecified atom stereocenters. The van der Waals surface area contributed by atoms with Gasteiger partial charge in [-0.15, -0.1) is 0 Å². The minimum absolute atomic E-state index is 0.0811. The summed E-state index contributed by atoms with van der Waals surface area (Å²) in [5.74, 6) is -5.39. The van der Waals surface area contributed by atoms with E-state index < -0.39 is 53.0 Å². The Hall–Kier alpha value is -5.14. The molecule has 0 saturated carbocycles. The van der Waals surface area contributed by atoms with E-state index in [0.717, 1.165) is 22.8 Å². The van der Waals surface area contributed by atoms with Gasteiger partial charge in [0.15, 0.2) is 17.3 Å². The quantitative estimate of drug-likeness (QED) is 0.249. The van der Waals surface area contributed by atoms with Gasteiger partial charge < -0.3 is 30.1 Å². The van der Waals surface area contributed by atoms with Gasteiger partial charge in [0.1, 0.15) is 17.5 Å². The number of halogens is 2. The number of aliphatic carboxylic acids is 1. The molecule has 0 bridgehead atoms. The first-order chi connectivity index (χ1) is 20.0. The monoisotopic (exact) mass is 583 g/mol. The highest BCUT2D eigenvalue weighted by Gasteiger charge is 2.30. The highest BCUT2D eigenvalue weighted by atomic mass is 19.2. The van der Waals surface area contributed by atoms with Gasteiger partial charge in [-0.3, -0.25) is 19.2 Å². The van der Waals surface area contributed by atoms with Crippen LogP contribution in [0, 0.1) is 24.5 Å². The summed E-state index contributed by atoms with van der Waals surface area (Å²) in [6.45, 7) is 2.02. The van der Waals surface area contributed by atoms with Crippen molar-refractivity contribution in [3.05, 3.63) is 93.8 Å². The fourth-order valence-corrected chi connectivity index (χ4v) is 4.56. The number of nitrogens with zero attached hydrogens (tertiary/aromatic N) is 2. The highest BCUT2D eigenvalue weighted by Crippen LogP contribution is 2.20. The average Bonchev–Trinajstić information content (AvgIpc) is 3.56. The molecule has 220 valence electrons. The number of carbonyl (C=O) groups is 4. The number of rotatable bonds is 11. The Bertz CT molecular complexity index is 1600. The van der Waals surface area contributed by atoms with Crippen molar-refractivity contribution >= 4 is 29.4 Å². The van der Waals surface area contributed by atoms with Gasteiger partial charge in [-0.1, -0.05) is 17.3 Å². The van der Waals surface area contributed by atoms with Crippen molar-refractivity contribution in [2.75, 3.05) is 11.9 Å². The molecule has 1 aliphatic rings. The number of carboxylic acids is 1. The average molecular weight is 584 g/mol. The van der Waals surface area contributed by atoms with Gasteiger partial charge >= 0.3 is 5.97 Å². The van der Waals surface area contributed by atoms with Crippen molar-refractivity contribution in [2.45, 2.75) is 38.3 Å². The molecule has 0 aliphatic carbocycles. The maximum Gasteiger partial charge on any atom is 0.328 e. The van der Waals surface area contributed by atoms with Crippen molar-refractivity contribution in [3.8, 4) is 0 Å². The fourth-order valence-electron chi connectivity index (χ4n) is 4.56. The normalized spacial score (nSPS) is 16.2. The fraction of sp³-hybridized carbons (Fsp3) is 0.286. The van der Waals surface area contributed by atoms with Crippen LogP contribution in [0.15, 0.2) is 64.1 Å². The van der Waals surface area contributed by atoms with Crippen LogP contribution in [0.25, 0.3) is 0 Å². The zero-order valence-corrected chi connectivity index (χ0v) is 22.3. The molecule has 3 amide bonds. The Morgan fingerprint density at radius 3 is 2.64 bits per heavy atom. The first kappa shape index (κ1) is 29.8. The van der Waals surface area contributed by atoms with E-state index in [1.807, 2.05) is 0 Å². The molecule has 42 heavy (non-hydrogen) atoms. The summed E-state index contributed by atoms with van der Waals surface area (Å²) >= 11 is 0. The van der Waals surface area contributed by atoms with Gasteiger partial charge in [-0.05, 0) is 49.6 Å². The molecule has 4 rings (SSSR count). The van der Waals surface area contributed by atoms with Gasteiger partial charge in [0.2, 0.25) is 11.8 Å². The summed E-state index contributed by atoms with van der Waals surface area (Å²) < 4.78 is 33.5. The Labute approximate surface area is 237 Å². The topological polar surface area (TPSA) is 173 Å². The molecule has 0 radical (unpaired) electrons. The lowest BCUT2D eigenvalue weighted by molar-refractivity contribution is -0.131. The van der Waals surface area contributed by atoms with Crippen molar-refractivity contribution in [1.29, 1.82) is 0 Å². The zero-order valence-electron chi connectivity index (χ0n) is 22.3. The van der Waals surface area contributed by atoms with Crippen LogP contribution in [0.4, 0.5) is 14.5 Å². The van der Waals surface area contributed by atoms with Crippen LogP contribution >= 0.6 is 0 Å². The van der Waals surface area contributed by atoms with Crippen LogP contribution < -0.4 is 21.5 Å². The summed E-state index contributed by atoms with van der Waals surface area (Å²) in [4.78, 5) is 63.1. The Morgan fingerprint density at radius 1 is 1.21 bits per heavy atom. The summed E-state index contributed by atoms with van der Waals surface area (Å²) in [5.41, 5.74) is -0.888. The maximum absolute atomic E-state index is 14.0. The van der Waals surface area contributed by atoms with Gasteiger partial charge in [-0.25, -0.2) is 13.6 Å². The molecule has 1 aliphatic heterocycles. The van der Waals surface area contributed by atoms with Gasteiger partial charge in [0, 0.05) is 43.3 Å². The number of benzene rings is 1. The van der Waals surface area contributed by atoms with E-state index >= 15 is 0 Å². The summed E-state index contributed by atoms with van der Waals surface area (Å²) in [5, 5.41) is 20.5. The number of amides is 3. The smallest absolute Gasteiger partial charge is 0.328 e. The number of hydrogen-bond acceptors (Lipinski definition) is 7. The minimum Gasteiger partial charge on any atom is -0.478 e. The third-order valence-electron chi connectivity index (χ3n) is 6.63. The second-order valence-electron chi connectivity index (χ2n) is 9.70. The Morgan fingerprint density at radius 2 is 2.00 bits per heavy atom. The van der Waals surface area contributed by atoms with Crippen LogP contribution in [-0.2, 0) is 20.8 Å². The molecule has 12 nitrogen and oxygen atoms in total. The number of aryl methyl sites for hydroxylation is 1. The Balaban J connectivity index is 1.67. The van der Waals surface area contributed by atoms with Crippen molar-refractivity contribution in [2.24, 2.45) is 5.92 Å². The molecule has 1 fully saturated rings. The van der Waals surface area contributed by atoms with Crippen LogP contribution in [0.2, 0.25) is 0 Å². The van der Waals surface area contributed by atoms with Crippen molar-refractivity contribution in [3.63, 3.8) is 0 Å². The van der Waals surface area contributed by atoms with E-state index in [0.29, 0.717) is 18.7 Å². The predicted molar refractivity (Wildman–Crippen MR) is 143 cm³/mol. The highest BCUT2D eigenvalue weighted by molar-refractivity contribution is 6.02. The summed E-state index contributed by atoms with van der Waals surface area (Å²) in [6.07, 6.45) is 3.63. The van der Waals surface area contributed by atoms with Crippen LogP contribution in [0.1, 0.15) is 40.7 Å². The summed E-state index contributed by atoms with van der Waals surface area (Å²) in [7, 11) is 0. The number of anilines is 1. The van der Waals surface area contributed by atoms with Gasteiger partial charge in [0.05, 0.1) is 0 Å². The number of hydrogen-bond donors (Lipinski definition) is 4. The van der Waals surface area contributed by atoms with Crippen molar-refractivity contribution < 1.29 is 37.6 Å². The summed E-state index contributed by atoms with van der Waals surface area (Å²) in [6, 6.07) is 4.85. The van der Waals surface area contributed by atoms with E-state index in [-0.39, 0.29) is 35.7 Å². The molecular weight excluding hydrogens is 556 g/mol. The molecule has 3 aromatic rings. The molecule has 2 aromatic heterocycles. The van der Waals surface area contributed by atoms with E-state index in [1.165, 1.54) is 36.5 Å². The zero-order chi connectivity index (χ0) is 30.4. The van der Waals surface area contributed by atoms with Crippen LogP contribution in [0.5, 0.6) is 0 Å². The standard InChI is InChI=1S/C28H27F2N5O7/c1-15-11-22(34-42-15)26(39)33-21-3-2-10-35(28(21)41)23(13-16-4-6-19(29)20(30)12-16)27(40)32-18(5-7-24(36)37)14-17-8-9-31-25(17)38/h2-7,10-12,17-18,23H,8-9,13-14H2,1H3,(H,31,38)(H,32,40)(H,33,39)(H,36,37)/b7-5+/t17-,18+,23-/m0/s1. The number of carboxylic acid groups (broad SMARTS) is 1. The molecule has 0 spiro atoms. The second kappa shape index (κ2) is 13.0. The molecule has 14 heteroatoms. The van der Waals surface area contributed by atoms with Gasteiger partial charge in [0.25, 0.3) is 11.5 Å². The van der Waals surface area contributed by atoms with Gasteiger partial charge in [-0.2, -0.15) is 0 Å². The first-order valence-electron chi connectivity index (χ1n) is 12.9. The van der Waals surface area contributed by atoms with E-state index in [9.17, 15) is 32.8 Å².